The van der Waals surface area contributed by atoms with Gasteiger partial charge in [0.05, 0.1) is 37.4 Å². The van der Waals surface area contributed by atoms with E-state index in [1.165, 1.54) is 25.5 Å². The molecule has 2 aromatic carbocycles. The van der Waals surface area contributed by atoms with Gasteiger partial charge in [-0.25, -0.2) is 9.59 Å². The van der Waals surface area contributed by atoms with Crippen molar-refractivity contribution in [2.75, 3.05) is 32.2 Å². The Labute approximate surface area is 217 Å². The van der Waals surface area contributed by atoms with Crippen molar-refractivity contribution in [1.82, 2.24) is 4.90 Å². The molecule has 2 N–H and O–H groups in total. The summed E-state index contributed by atoms with van der Waals surface area (Å²) in [6, 6.07) is 18.8. The molecule has 192 valence electrons. The maximum atomic E-state index is 13.2. The van der Waals surface area contributed by atoms with Gasteiger partial charge in [0.1, 0.15) is 11.5 Å². The fraction of sp³-hybridized carbons (Fsp3) is 0.345. The number of carbonyl (C=O) groups is 2. The summed E-state index contributed by atoms with van der Waals surface area (Å²) in [5.41, 5.74) is 8.92. The fourth-order valence-electron chi connectivity index (χ4n) is 5.26. The Kier molecular flexibility index (Phi) is 7.95. The van der Waals surface area contributed by atoms with Crippen LogP contribution in [0.25, 0.3) is 0 Å². The van der Waals surface area contributed by atoms with E-state index in [9.17, 15) is 14.9 Å². The number of nitriles is 1. The van der Waals surface area contributed by atoms with Gasteiger partial charge in [0.2, 0.25) is 0 Å². The highest BCUT2D eigenvalue weighted by atomic mass is 16.5. The molecule has 37 heavy (non-hydrogen) atoms. The van der Waals surface area contributed by atoms with Crippen LogP contribution in [-0.4, -0.2) is 44.1 Å². The summed E-state index contributed by atoms with van der Waals surface area (Å²) in [5, 5.41) is 10.2. The highest BCUT2D eigenvalue weighted by molar-refractivity contribution is 6.06. The minimum absolute atomic E-state index is 0.00144. The number of benzene rings is 2. The van der Waals surface area contributed by atoms with Crippen molar-refractivity contribution in [2.45, 2.75) is 32.2 Å². The van der Waals surface area contributed by atoms with E-state index in [4.69, 9.17) is 15.2 Å². The van der Waals surface area contributed by atoms with Gasteiger partial charge in [-0.3, -0.25) is 9.80 Å². The number of nitrogens with two attached hydrogens (primary N) is 1. The molecular formula is C29H32N4O4. The minimum atomic E-state index is -0.887. The van der Waals surface area contributed by atoms with Crippen molar-refractivity contribution < 1.29 is 19.1 Å². The van der Waals surface area contributed by atoms with Crippen LogP contribution in [0.15, 0.2) is 77.3 Å². The van der Waals surface area contributed by atoms with Crippen molar-refractivity contribution in [3.63, 3.8) is 0 Å². The van der Waals surface area contributed by atoms with Crippen LogP contribution in [0.2, 0.25) is 0 Å². The standard InChI is InChI=1S/C29H32N4O4/c1-19-9-8-14-32(17-19)18-20-10-7-13-22(15-20)33-26(29(35)37-3)25(28(34)36-2)24(23(16-30)27(33)31)21-11-5-4-6-12-21/h4-7,10-13,15,19,24H,8-9,14,17-18,31H2,1-3H3. The minimum Gasteiger partial charge on any atom is -0.466 e. The highest BCUT2D eigenvalue weighted by Crippen LogP contribution is 2.43. The predicted octanol–water partition coefficient (Wildman–Crippen LogP) is 3.82. The molecule has 2 atom stereocenters. The number of hydrogen-bond acceptors (Lipinski definition) is 8. The SMILES string of the molecule is COC(=O)C1=C(C(=O)OC)N(c2cccc(CN3CCCC(C)C3)c2)C(N)=C(C#N)C1c1ccccc1. The van der Waals surface area contributed by atoms with Crippen molar-refractivity contribution in [1.29, 1.82) is 5.26 Å². The molecule has 0 amide bonds. The Morgan fingerprint density at radius 2 is 1.81 bits per heavy atom. The number of nitrogens with zero attached hydrogens (tertiary/aromatic N) is 3. The number of likely N-dealkylation sites (tertiary alicyclic amines) is 1. The smallest absolute Gasteiger partial charge is 0.355 e. The molecular weight excluding hydrogens is 468 g/mol. The Bertz CT molecular complexity index is 1280. The van der Waals surface area contributed by atoms with E-state index in [1.54, 1.807) is 30.3 Å². The fourth-order valence-corrected chi connectivity index (χ4v) is 5.26. The monoisotopic (exact) mass is 500 g/mol. The highest BCUT2D eigenvalue weighted by Gasteiger charge is 2.43. The number of carbonyl (C=O) groups excluding carboxylic acids is 2. The van der Waals surface area contributed by atoms with Gasteiger partial charge in [-0.05, 0) is 48.6 Å². The lowest BCUT2D eigenvalue weighted by molar-refractivity contribution is -0.139. The summed E-state index contributed by atoms with van der Waals surface area (Å²) in [4.78, 5) is 30.3. The van der Waals surface area contributed by atoms with Gasteiger partial charge in [-0.1, -0.05) is 49.4 Å². The van der Waals surface area contributed by atoms with E-state index < -0.39 is 17.9 Å². The summed E-state index contributed by atoms with van der Waals surface area (Å²) in [6.45, 7) is 5.05. The van der Waals surface area contributed by atoms with Crippen LogP contribution in [0.5, 0.6) is 0 Å². The Morgan fingerprint density at radius 1 is 1.08 bits per heavy atom. The Morgan fingerprint density at radius 3 is 2.46 bits per heavy atom. The van der Waals surface area contributed by atoms with Crippen molar-refractivity contribution in [3.05, 3.63) is 88.4 Å². The zero-order valence-corrected chi connectivity index (χ0v) is 21.4. The lowest BCUT2D eigenvalue weighted by atomic mass is 9.81. The first-order chi connectivity index (χ1) is 17.9. The van der Waals surface area contributed by atoms with Crippen LogP contribution in [0.3, 0.4) is 0 Å². The van der Waals surface area contributed by atoms with Crippen LogP contribution in [0.4, 0.5) is 5.69 Å². The Balaban J connectivity index is 1.87. The second kappa shape index (κ2) is 11.3. The van der Waals surface area contributed by atoms with E-state index in [2.05, 4.69) is 17.9 Å². The molecule has 0 bridgehead atoms. The molecule has 1 fully saturated rings. The molecule has 4 rings (SSSR count). The zero-order chi connectivity index (χ0) is 26.5. The maximum Gasteiger partial charge on any atom is 0.355 e. The lowest BCUT2D eigenvalue weighted by Crippen LogP contribution is -2.40. The number of methoxy groups -OCH3 is 2. The molecule has 8 heteroatoms. The molecule has 2 unspecified atom stereocenters. The molecule has 0 aliphatic carbocycles. The molecule has 2 aromatic rings. The topological polar surface area (TPSA) is 109 Å². The van der Waals surface area contributed by atoms with Crippen LogP contribution in [-0.2, 0) is 25.6 Å². The van der Waals surface area contributed by atoms with Gasteiger partial charge < -0.3 is 15.2 Å². The van der Waals surface area contributed by atoms with Crippen LogP contribution in [0, 0.1) is 17.2 Å². The van der Waals surface area contributed by atoms with Gasteiger partial charge in [0, 0.05) is 18.8 Å². The van der Waals surface area contributed by atoms with Crippen LogP contribution >= 0.6 is 0 Å². The van der Waals surface area contributed by atoms with E-state index in [0.29, 0.717) is 17.2 Å². The third-order valence-corrected chi connectivity index (χ3v) is 6.93. The van der Waals surface area contributed by atoms with Crippen molar-refractivity contribution in [3.8, 4) is 6.07 Å². The van der Waals surface area contributed by atoms with E-state index in [0.717, 1.165) is 31.6 Å². The first kappa shape index (κ1) is 26.0. The number of anilines is 1. The molecule has 0 spiro atoms. The van der Waals surface area contributed by atoms with E-state index >= 15 is 0 Å². The van der Waals surface area contributed by atoms with Gasteiger partial charge >= 0.3 is 11.9 Å². The third kappa shape index (κ3) is 5.23. The number of piperidine rings is 1. The first-order valence-electron chi connectivity index (χ1n) is 12.4. The molecule has 2 heterocycles. The largest absolute Gasteiger partial charge is 0.466 e. The van der Waals surface area contributed by atoms with Crippen molar-refractivity contribution in [2.24, 2.45) is 11.7 Å². The summed E-state index contributed by atoms with van der Waals surface area (Å²) in [7, 11) is 2.48. The van der Waals surface area contributed by atoms with E-state index in [1.807, 2.05) is 24.3 Å². The van der Waals surface area contributed by atoms with E-state index in [-0.39, 0.29) is 22.7 Å². The summed E-state index contributed by atoms with van der Waals surface area (Å²) in [6.07, 6.45) is 2.39. The maximum absolute atomic E-state index is 13.2. The summed E-state index contributed by atoms with van der Waals surface area (Å²) >= 11 is 0. The van der Waals surface area contributed by atoms with Gasteiger partial charge in [0.25, 0.3) is 0 Å². The number of rotatable bonds is 6. The normalized spacial score (nSPS) is 20.4. The molecule has 8 nitrogen and oxygen atoms in total. The van der Waals surface area contributed by atoms with Crippen LogP contribution < -0.4 is 10.6 Å². The molecule has 0 radical (unpaired) electrons. The number of allylic oxidation sites excluding steroid dienone is 1. The second-order valence-corrected chi connectivity index (χ2v) is 9.49. The number of esters is 2. The molecule has 2 aliphatic heterocycles. The van der Waals surface area contributed by atoms with Gasteiger partial charge in [0.15, 0.2) is 0 Å². The molecule has 0 aromatic heterocycles. The quantitative estimate of drug-likeness (QED) is 0.597. The Hall–Kier alpha value is -4.09. The first-order valence-corrected chi connectivity index (χ1v) is 12.4. The zero-order valence-electron chi connectivity index (χ0n) is 21.4. The molecule has 1 saturated heterocycles. The second-order valence-electron chi connectivity index (χ2n) is 9.49. The number of ether oxygens (including phenoxy) is 2. The van der Waals surface area contributed by atoms with Crippen molar-refractivity contribution >= 4 is 17.6 Å². The number of hydrogen-bond donors (Lipinski definition) is 1. The summed E-state index contributed by atoms with van der Waals surface area (Å²) < 4.78 is 10.2. The molecule has 2 aliphatic rings. The average Bonchev–Trinajstić information content (AvgIpc) is 2.92. The third-order valence-electron chi connectivity index (χ3n) is 6.93. The summed E-state index contributed by atoms with van der Waals surface area (Å²) in [5.74, 6) is -1.67. The predicted molar refractivity (Wildman–Crippen MR) is 140 cm³/mol. The lowest BCUT2D eigenvalue weighted by Gasteiger charge is -2.36. The van der Waals surface area contributed by atoms with Crippen LogP contribution in [0.1, 0.15) is 36.8 Å². The van der Waals surface area contributed by atoms with Gasteiger partial charge in [-0.15, -0.1) is 0 Å². The average molecular weight is 501 g/mol. The van der Waals surface area contributed by atoms with Gasteiger partial charge in [-0.2, -0.15) is 5.26 Å². The molecule has 0 saturated carbocycles.